The van der Waals surface area contributed by atoms with Gasteiger partial charge in [-0.05, 0) is 26.8 Å². The molecule has 17 heavy (non-hydrogen) atoms. The van der Waals surface area contributed by atoms with E-state index in [0.717, 1.165) is 19.5 Å². The van der Waals surface area contributed by atoms with Gasteiger partial charge in [-0.3, -0.25) is 0 Å². The predicted octanol–water partition coefficient (Wildman–Crippen LogP) is 0.953. The number of hydrogen-bond donors (Lipinski definition) is 2. The summed E-state index contributed by atoms with van der Waals surface area (Å²) in [5.41, 5.74) is 1.20. The Morgan fingerprint density at radius 3 is 3.00 bits per heavy atom. The van der Waals surface area contributed by atoms with Gasteiger partial charge in [-0.2, -0.15) is 0 Å². The van der Waals surface area contributed by atoms with Gasteiger partial charge in [-0.25, -0.2) is 4.98 Å². The Morgan fingerprint density at radius 1 is 1.47 bits per heavy atom. The molecule has 5 nitrogen and oxygen atoms in total. The first-order valence-electron chi connectivity index (χ1n) is 6.15. The van der Waals surface area contributed by atoms with E-state index in [0.29, 0.717) is 19.3 Å². The van der Waals surface area contributed by atoms with Crippen molar-refractivity contribution in [3.05, 3.63) is 18.2 Å². The van der Waals surface area contributed by atoms with Crippen molar-refractivity contribution in [1.29, 1.82) is 0 Å². The van der Waals surface area contributed by atoms with Crippen LogP contribution in [0.4, 0.5) is 0 Å². The maximum absolute atomic E-state index is 8.53. The van der Waals surface area contributed by atoms with Crippen molar-refractivity contribution in [3.63, 3.8) is 0 Å². The third-order valence-electron chi connectivity index (χ3n) is 2.49. The van der Waals surface area contributed by atoms with Gasteiger partial charge in [0.25, 0.3) is 0 Å². The molecular formula is C12H23N3O2. The van der Waals surface area contributed by atoms with Crippen LogP contribution < -0.4 is 5.32 Å². The lowest BCUT2D eigenvalue weighted by Gasteiger charge is -2.12. The van der Waals surface area contributed by atoms with Crippen LogP contribution in [0.25, 0.3) is 0 Å². The Bertz CT molecular complexity index is 300. The van der Waals surface area contributed by atoms with Crippen LogP contribution in [0.5, 0.6) is 0 Å². The Balaban J connectivity index is 2.11. The summed E-state index contributed by atoms with van der Waals surface area (Å²) in [5.74, 6) is 0. The molecule has 2 N–H and O–H groups in total. The second-order valence-corrected chi connectivity index (χ2v) is 4.25. The number of aromatic nitrogens is 2. The smallest absolute Gasteiger partial charge is 0.0951 e. The summed E-state index contributed by atoms with van der Waals surface area (Å²) in [5, 5.41) is 11.9. The second kappa shape index (κ2) is 8.22. The van der Waals surface area contributed by atoms with Gasteiger partial charge < -0.3 is 19.7 Å². The van der Waals surface area contributed by atoms with Crippen LogP contribution in [0, 0.1) is 0 Å². The molecule has 1 aromatic rings. The van der Waals surface area contributed by atoms with Crippen LogP contribution in [0.3, 0.4) is 0 Å². The van der Waals surface area contributed by atoms with E-state index >= 15 is 0 Å². The Kier molecular flexibility index (Phi) is 6.84. The minimum Gasteiger partial charge on any atom is -0.394 e. The first kappa shape index (κ1) is 14.2. The Labute approximate surface area is 103 Å². The maximum atomic E-state index is 8.53. The van der Waals surface area contributed by atoms with Gasteiger partial charge in [0.1, 0.15) is 0 Å². The van der Waals surface area contributed by atoms with Crippen molar-refractivity contribution in [2.24, 2.45) is 0 Å². The molecular weight excluding hydrogens is 218 g/mol. The number of rotatable bonds is 9. The zero-order valence-corrected chi connectivity index (χ0v) is 10.7. The van der Waals surface area contributed by atoms with Crippen molar-refractivity contribution in [2.45, 2.75) is 32.9 Å². The maximum Gasteiger partial charge on any atom is 0.0951 e. The first-order chi connectivity index (χ1) is 8.25. The van der Waals surface area contributed by atoms with Crippen LogP contribution in [0.2, 0.25) is 0 Å². The van der Waals surface area contributed by atoms with Crippen molar-refractivity contribution in [3.8, 4) is 0 Å². The van der Waals surface area contributed by atoms with Crippen molar-refractivity contribution in [2.75, 3.05) is 26.4 Å². The van der Waals surface area contributed by atoms with Gasteiger partial charge in [0.15, 0.2) is 0 Å². The summed E-state index contributed by atoms with van der Waals surface area (Å²) in [6, 6.07) is 0.446. The second-order valence-electron chi connectivity index (χ2n) is 4.25. The minimum absolute atomic E-state index is 0.0982. The van der Waals surface area contributed by atoms with Gasteiger partial charge >= 0.3 is 0 Å². The Hall–Kier alpha value is -0.910. The van der Waals surface area contributed by atoms with Gasteiger partial charge in [-0.15, -0.1) is 0 Å². The third-order valence-corrected chi connectivity index (χ3v) is 2.49. The topological polar surface area (TPSA) is 59.3 Å². The van der Waals surface area contributed by atoms with Crippen molar-refractivity contribution < 1.29 is 9.84 Å². The summed E-state index contributed by atoms with van der Waals surface area (Å²) in [6.45, 7) is 7.26. The molecule has 0 fully saturated rings. The molecule has 0 radical (unpaired) electrons. The zero-order chi connectivity index (χ0) is 12.5. The van der Waals surface area contributed by atoms with Crippen LogP contribution in [-0.2, 0) is 11.3 Å². The van der Waals surface area contributed by atoms with Crippen LogP contribution in [0.1, 0.15) is 32.0 Å². The van der Waals surface area contributed by atoms with E-state index in [2.05, 4.69) is 28.7 Å². The first-order valence-corrected chi connectivity index (χ1v) is 6.15. The molecule has 0 atom stereocenters. The highest BCUT2D eigenvalue weighted by atomic mass is 16.5. The Morgan fingerprint density at radius 2 is 2.29 bits per heavy atom. The average molecular weight is 241 g/mol. The summed E-state index contributed by atoms with van der Waals surface area (Å²) in [4.78, 5) is 4.15. The number of aliphatic hydroxyl groups excluding tert-OH is 1. The van der Waals surface area contributed by atoms with Gasteiger partial charge in [-0.1, -0.05) is 0 Å². The SMILES string of the molecule is CC(C)n1cncc1CNCCCOCCO. The molecule has 0 unspecified atom stereocenters. The fraction of sp³-hybridized carbons (Fsp3) is 0.750. The number of aliphatic hydroxyl groups is 1. The largest absolute Gasteiger partial charge is 0.394 e. The number of imidazole rings is 1. The molecule has 1 aromatic heterocycles. The third kappa shape index (κ3) is 5.30. The molecule has 0 aromatic carbocycles. The summed E-state index contributed by atoms with van der Waals surface area (Å²) in [7, 11) is 0. The minimum atomic E-state index is 0.0982. The van der Waals surface area contributed by atoms with E-state index in [1.165, 1.54) is 5.69 Å². The van der Waals surface area contributed by atoms with Gasteiger partial charge in [0, 0.05) is 25.4 Å². The van der Waals surface area contributed by atoms with Crippen LogP contribution in [0.15, 0.2) is 12.5 Å². The molecule has 0 bridgehead atoms. The molecule has 1 heterocycles. The van der Waals surface area contributed by atoms with Gasteiger partial charge in [0.2, 0.25) is 0 Å². The lowest BCUT2D eigenvalue weighted by molar-refractivity contribution is 0.0907. The quantitative estimate of drug-likeness (QED) is 0.632. The standard InChI is InChI=1S/C12H23N3O2/c1-11(2)15-10-14-9-12(15)8-13-4-3-6-17-7-5-16/h9-11,13,16H,3-8H2,1-2H3. The molecule has 0 aliphatic carbocycles. The molecule has 0 aliphatic rings. The number of nitrogens with zero attached hydrogens (tertiary/aromatic N) is 2. The van der Waals surface area contributed by atoms with E-state index in [4.69, 9.17) is 9.84 Å². The van der Waals surface area contributed by atoms with E-state index in [1.54, 1.807) is 0 Å². The molecule has 0 aliphatic heterocycles. The van der Waals surface area contributed by atoms with E-state index < -0.39 is 0 Å². The summed E-state index contributed by atoms with van der Waals surface area (Å²) < 4.78 is 7.34. The molecule has 5 heteroatoms. The monoisotopic (exact) mass is 241 g/mol. The van der Waals surface area contributed by atoms with E-state index in [1.807, 2.05) is 12.5 Å². The molecule has 0 saturated heterocycles. The molecule has 1 rings (SSSR count). The summed E-state index contributed by atoms with van der Waals surface area (Å²) in [6.07, 6.45) is 4.72. The number of hydrogen-bond acceptors (Lipinski definition) is 4. The number of ether oxygens (including phenoxy) is 1. The predicted molar refractivity (Wildman–Crippen MR) is 66.8 cm³/mol. The molecule has 0 saturated carbocycles. The highest BCUT2D eigenvalue weighted by Gasteiger charge is 2.03. The van der Waals surface area contributed by atoms with Crippen LogP contribution in [-0.4, -0.2) is 41.0 Å². The van der Waals surface area contributed by atoms with E-state index in [9.17, 15) is 0 Å². The van der Waals surface area contributed by atoms with Crippen molar-refractivity contribution in [1.82, 2.24) is 14.9 Å². The van der Waals surface area contributed by atoms with Gasteiger partial charge in [0.05, 0.1) is 25.2 Å². The fourth-order valence-corrected chi connectivity index (χ4v) is 1.62. The zero-order valence-electron chi connectivity index (χ0n) is 10.7. The molecule has 0 spiro atoms. The van der Waals surface area contributed by atoms with E-state index in [-0.39, 0.29) is 6.61 Å². The summed E-state index contributed by atoms with van der Waals surface area (Å²) >= 11 is 0. The fourth-order valence-electron chi connectivity index (χ4n) is 1.62. The van der Waals surface area contributed by atoms with Crippen LogP contribution >= 0.6 is 0 Å². The highest BCUT2D eigenvalue weighted by Crippen LogP contribution is 2.08. The number of nitrogens with one attached hydrogen (secondary N) is 1. The normalized spacial score (nSPS) is 11.3. The lowest BCUT2D eigenvalue weighted by atomic mass is 10.3. The average Bonchev–Trinajstić information content (AvgIpc) is 2.76. The molecule has 98 valence electrons. The molecule has 0 amide bonds. The van der Waals surface area contributed by atoms with Crippen molar-refractivity contribution >= 4 is 0 Å². The lowest BCUT2D eigenvalue weighted by Crippen LogP contribution is -2.19. The highest BCUT2D eigenvalue weighted by molar-refractivity contribution is 4.99.